The van der Waals surface area contributed by atoms with Gasteiger partial charge in [-0.1, -0.05) is 0 Å². The zero-order valence-corrected chi connectivity index (χ0v) is 14.7. The van der Waals surface area contributed by atoms with Gasteiger partial charge in [0, 0.05) is 19.2 Å². The Bertz CT molecular complexity index is 1090. The second-order valence-corrected chi connectivity index (χ2v) is 6.03. The molecule has 0 fully saturated rings. The van der Waals surface area contributed by atoms with Gasteiger partial charge >= 0.3 is 0 Å². The van der Waals surface area contributed by atoms with Crippen LogP contribution in [-0.4, -0.2) is 30.3 Å². The summed E-state index contributed by atoms with van der Waals surface area (Å²) in [6, 6.07) is 4.02. The van der Waals surface area contributed by atoms with E-state index in [1.54, 1.807) is 14.0 Å². The smallest absolute Gasteiger partial charge is 0.282 e. The first-order valence-corrected chi connectivity index (χ1v) is 7.79. The number of nitro groups is 1. The first-order chi connectivity index (χ1) is 11.8. The normalized spacial score (nSPS) is 10.8. The average Bonchev–Trinajstić information content (AvgIpc) is 2.82. The summed E-state index contributed by atoms with van der Waals surface area (Å²) in [5.74, 6) is -0.500. The van der Waals surface area contributed by atoms with Gasteiger partial charge < -0.3 is 0 Å². The standard InChI is InChI=1S/C14H12BrN7O3/c1-7-11(15)12(20(2)18-7)14(23)19-21-6-17-10-4-3-8(22(24)25)5-9(10)13(21)16/h3-6,16H,1-2H3,(H,19,23). The van der Waals surface area contributed by atoms with E-state index in [-0.39, 0.29) is 22.3 Å². The maximum atomic E-state index is 12.5. The Balaban J connectivity index is 2.04. The van der Waals surface area contributed by atoms with Gasteiger partial charge in [-0.2, -0.15) is 5.10 Å². The number of halogens is 1. The molecule has 11 heteroatoms. The highest BCUT2D eigenvalue weighted by molar-refractivity contribution is 9.10. The van der Waals surface area contributed by atoms with Gasteiger partial charge in [0.05, 0.1) is 26.0 Å². The largest absolute Gasteiger partial charge is 0.289 e. The van der Waals surface area contributed by atoms with E-state index in [0.717, 1.165) is 4.68 Å². The summed E-state index contributed by atoms with van der Waals surface area (Å²) in [7, 11) is 1.63. The molecule has 0 atom stereocenters. The van der Waals surface area contributed by atoms with Gasteiger partial charge in [-0.25, -0.2) is 9.66 Å². The number of nitro benzene ring substituents is 1. The van der Waals surface area contributed by atoms with Gasteiger partial charge in [0.2, 0.25) is 0 Å². The molecule has 0 saturated heterocycles. The van der Waals surface area contributed by atoms with Gasteiger partial charge in [-0.15, -0.1) is 0 Å². The van der Waals surface area contributed by atoms with Crippen molar-refractivity contribution in [3.8, 4) is 0 Å². The van der Waals surface area contributed by atoms with E-state index < -0.39 is 10.8 Å². The molecule has 3 aromatic rings. The van der Waals surface area contributed by atoms with Crippen LogP contribution in [0.3, 0.4) is 0 Å². The Morgan fingerprint density at radius 1 is 1.44 bits per heavy atom. The Kier molecular flexibility index (Phi) is 4.08. The molecule has 128 valence electrons. The molecule has 1 amide bonds. The lowest BCUT2D eigenvalue weighted by Gasteiger charge is -2.10. The average molecular weight is 406 g/mol. The molecule has 2 N–H and O–H groups in total. The summed E-state index contributed by atoms with van der Waals surface area (Å²) in [6.45, 7) is 1.75. The maximum Gasteiger partial charge on any atom is 0.289 e. The van der Waals surface area contributed by atoms with Gasteiger partial charge in [0.1, 0.15) is 12.0 Å². The van der Waals surface area contributed by atoms with Crippen molar-refractivity contribution in [2.75, 3.05) is 5.43 Å². The third kappa shape index (κ3) is 2.89. The third-order valence-electron chi connectivity index (χ3n) is 3.59. The van der Waals surface area contributed by atoms with E-state index in [1.807, 2.05) is 0 Å². The fourth-order valence-electron chi connectivity index (χ4n) is 2.37. The van der Waals surface area contributed by atoms with Crippen molar-refractivity contribution in [1.82, 2.24) is 19.4 Å². The molecule has 10 nitrogen and oxygen atoms in total. The zero-order chi connectivity index (χ0) is 18.3. The van der Waals surface area contributed by atoms with Crippen LogP contribution in [0.15, 0.2) is 29.0 Å². The summed E-state index contributed by atoms with van der Waals surface area (Å²) < 4.78 is 3.06. The predicted molar refractivity (Wildman–Crippen MR) is 91.6 cm³/mol. The second kappa shape index (κ2) is 6.09. The number of aromatic nitrogens is 4. The van der Waals surface area contributed by atoms with Crippen molar-refractivity contribution in [2.24, 2.45) is 7.05 Å². The van der Waals surface area contributed by atoms with Crippen LogP contribution in [0.25, 0.3) is 10.9 Å². The van der Waals surface area contributed by atoms with Gasteiger partial charge in [-0.3, -0.25) is 30.4 Å². The maximum absolute atomic E-state index is 12.5. The number of non-ortho nitro benzene ring substituents is 1. The molecular weight excluding hydrogens is 394 g/mol. The molecule has 2 aromatic heterocycles. The number of amides is 1. The van der Waals surface area contributed by atoms with Crippen LogP contribution in [0.2, 0.25) is 0 Å². The monoisotopic (exact) mass is 405 g/mol. The van der Waals surface area contributed by atoms with E-state index in [0.29, 0.717) is 15.7 Å². The second-order valence-electron chi connectivity index (χ2n) is 5.23. The van der Waals surface area contributed by atoms with E-state index in [1.165, 1.54) is 29.2 Å². The number of nitrogens with one attached hydrogen (secondary N) is 2. The minimum atomic E-state index is -0.551. The van der Waals surface area contributed by atoms with Crippen LogP contribution >= 0.6 is 15.9 Å². The van der Waals surface area contributed by atoms with Crippen molar-refractivity contribution in [1.29, 1.82) is 5.41 Å². The molecule has 0 aliphatic carbocycles. The van der Waals surface area contributed by atoms with Gasteiger partial charge in [0.15, 0.2) is 5.49 Å². The summed E-state index contributed by atoms with van der Waals surface area (Å²) in [4.78, 5) is 27.0. The Morgan fingerprint density at radius 2 is 2.16 bits per heavy atom. The minimum Gasteiger partial charge on any atom is -0.282 e. The SMILES string of the molecule is Cc1nn(C)c(C(=O)Nn2cnc3ccc([N+](=O)[O-])cc3c2=N)c1Br. The summed E-state index contributed by atoms with van der Waals surface area (Å²) in [6.07, 6.45) is 1.27. The molecular formula is C14H12BrN7O3. The van der Waals surface area contributed by atoms with Gasteiger partial charge in [-0.05, 0) is 28.9 Å². The lowest BCUT2D eigenvalue weighted by Crippen LogP contribution is -2.34. The van der Waals surface area contributed by atoms with Crippen molar-refractivity contribution >= 4 is 38.4 Å². The number of benzene rings is 1. The number of hydrogen-bond donors (Lipinski definition) is 2. The number of carbonyl (C=O) groups is 1. The molecule has 0 unspecified atom stereocenters. The van der Waals surface area contributed by atoms with Crippen LogP contribution in [0.1, 0.15) is 16.2 Å². The first-order valence-electron chi connectivity index (χ1n) is 7.00. The number of nitrogens with zero attached hydrogens (tertiary/aromatic N) is 5. The summed E-state index contributed by atoms with van der Waals surface area (Å²) in [5, 5.41) is 23.5. The third-order valence-corrected chi connectivity index (χ3v) is 4.53. The Hall–Kier alpha value is -3.08. The highest BCUT2D eigenvalue weighted by Gasteiger charge is 2.19. The number of rotatable bonds is 3. The van der Waals surface area contributed by atoms with Crippen molar-refractivity contribution in [3.63, 3.8) is 0 Å². The lowest BCUT2D eigenvalue weighted by molar-refractivity contribution is -0.384. The van der Waals surface area contributed by atoms with Crippen LogP contribution in [0.4, 0.5) is 5.69 Å². The molecule has 0 spiro atoms. The molecule has 3 rings (SSSR count). The van der Waals surface area contributed by atoms with Gasteiger partial charge in [0.25, 0.3) is 11.6 Å². The number of hydrogen-bond acceptors (Lipinski definition) is 6. The topological polar surface area (TPSA) is 132 Å². The quantitative estimate of drug-likeness (QED) is 0.504. The highest BCUT2D eigenvalue weighted by Crippen LogP contribution is 2.20. The molecule has 0 saturated carbocycles. The van der Waals surface area contributed by atoms with Crippen molar-refractivity contribution in [3.05, 3.63) is 56.0 Å². The Labute approximate surface area is 148 Å². The molecule has 0 aliphatic rings. The number of fused-ring (bicyclic) bond motifs is 1. The van der Waals surface area contributed by atoms with Crippen LogP contribution in [-0.2, 0) is 7.05 Å². The van der Waals surface area contributed by atoms with Crippen LogP contribution < -0.4 is 10.9 Å². The highest BCUT2D eigenvalue weighted by atomic mass is 79.9. The minimum absolute atomic E-state index is 0.128. The van der Waals surface area contributed by atoms with E-state index in [4.69, 9.17) is 5.41 Å². The van der Waals surface area contributed by atoms with Crippen molar-refractivity contribution < 1.29 is 9.72 Å². The lowest BCUT2D eigenvalue weighted by atomic mass is 10.2. The van der Waals surface area contributed by atoms with E-state index in [2.05, 4.69) is 31.4 Å². The Morgan fingerprint density at radius 3 is 2.76 bits per heavy atom. The van der Waals surface area contributed by atoms with Crippen LogP contribution in [0, 0.1) is 22.4 Å². The fraction of sp³-hybridized carbons (Fsp3) is 0.143. The zero-order valence-electron chi connectivity index (χ0n) is 13.1. The molecule has 0 bridgehead atoms. The molecule has 2 heterocycles. The van der Waals surface area contributed by atoms with E-state index in [9.17, 15) is 14.9 Å². The molecule has 25 heavy (non-hydrogen) atoms. The summed E-state index contributed by atoms with van der Waals surface area (Å²) in [5.41, 5.74) is 3.59. The van der Waals surface area contributed by atoms with E-state index >= 15 is 0 Å². The summed E-state index contributed by atoms with van der Waals surface area (Å²) >= 11 is 3.31. The fourth-order valence-corrected chi connectivity index (χ4v) is 2.89. The number of carbonyl (C=O) groups excluding carboxylic acids is 1. The molecule has 0 radical (unpaired) electrons. The molecule has 1 aromatic carbocycles. The van der Waals surface area contributed by atoms with Crippen molar-refractivity contribution in [2.45, 2.75) is 6.92 Å². The van der Waals surface area contributed by atoms with Crippen LogP contribution in [0.5, 0.6) is 0 Å². The predicted octanol–water partition coefficient (Wildman–Crippen LogP) is 1.61. The molecule has 0 aliphatic heterocycles. The first kappa shape index (κ1) is 16.8. The number of aryl methyl sites for hydroxylation is 2.